The van der Waals surface area contributed by atoms with Crippen molar-refractivity contribution < 1.29 is 23.1 Å². The first kappa shape index (κ1) is 18.1. The van der Waals surface area contributed by atoms with Gasteiger partial charge in [-0.05, 0) is 48.7 Å². The predicted octanol–water partition coefficient (Wildman–Crippen LogP) is 5.03. The summed E-state index contributed by atoms with van der Waals surface area (Å²) in [5, 5.41) is 11.2. The van der Waals surface area contributed by atoms with Crippen LogP contribution < -0.4 is 5.32 Å². The number of halogens is 4. The first-order chi connectivity index (χ1) is 11.3. The summed E-state index contributed by atoms with van der Waals surface area (Å²) in [5.74, 6) is -0.205. The molecular weight excluding hydrogens is 343 g/mol. The molecule has 2 N–H and O–H groups in total. The molecule has 0 aliphatic rings. The van der Waals surface area contributed by atoms with Gasteiger partial charge in [0.1, 0.15) is 5.75 Å². The standard InChI is InChI=1S/C17H15ClF3NO2/c18-15-9-6-12(10-14(15)17(19,20)21)22-16(24)3-1-2-11-4-7-13(23)8-5-11/h4-10,23H,1-3H2,(H,22,24). The Labute approximate surface area is 142 Å². The highest BCUT2D eigenvalue weighted by atomic mass is 35.5. The molecule has 0 aliphatic carbocycles. The van der Waals surface area contributed by atoms with E-state index in [4.69, 9.17) is 11.6 Å². The highest BCUT2D eigenvalue weighted by molar-refractivity contribution is 6.31. The van der Waals surface area contributed by atoms with Crippen molar-refractivity contribution in [2.75, 3.05) is 5.32 Å². The molecule has 1 amide bonds. The summed E-state index contributed by atoms with van der Waals surface area (Å²) in [7, 11) is 0. The number of nitrogens with one attached hydrogen (secondary N) is 1. The Bertz CT molecular complexity index is 715. The summed E-state index contributed by atoms with van der Waals surface area (Å²) in [5.41, 5.74) is 0.0406. The maximum absolute atomic E-state index is 12.8. The first-order valence-corrected chi connectivity index (χ1v) is 7.58. The minimum atomic E-state index is -4.57. The van der Waals surface area contributed by atoms with Gasteiger partial charge in [-0.1, -0.05) is 23.7 Å². The van der Waals surface area contributed by atoms with E-state index in [9.17, 15) is 23.1 Å². The van der Waals surface area contributed by atoms with Crippen LogP contribution >= 0.6 is 11.6 Å². The fourth-order valence-corrected chi connectivity index (χ4v) is 2.38. The van der Waals surface area contributed by atoms with Crippen molar-refractivity contribution >= 4 is 23.2 Å². The van der Waals surface area contributed by atoms with Gasteiger partial charge in [-0.15, -0.1) is 0 Å². The summed E-state index contributed by atoms with van der Waals surface area (Å²) >= 11 is 5.53. The van der Waals surface area contributed by atoms with Crippen molar-refractivity contribution in [1.29, 1.82) is 0 Å². The number of carbonyl (C=O) groups excluding carboxylic acids is 1. The number of phenols is 1. The van der Waals surface area contributed by atoms with Crippen molar-refractivity contribution in [3.8, 4) is 5.75 Å². The Morgan fingerprint density at radius 3 is 2.42 bits per heavy atom. The second-order valence-electron chi connectivity index (χ2n) is 5.26. The molecule has 2 aromatic rings. The van der Waals surface area contributed by atoms with Gasteiger partial charge in [0.15, 0.2) is 0 Å². The Balaban J connectivity index is 1.89. The molecule has 0 saturated heterocycles. The van der Waals surface area contributed by atoms with Gasteiger partial charge in [0, 0.05) is 12.1 Å². The number of aromatic hydroxyl groups is 1. The molecule has 0 spiro atoms. The topological polar surface area (TPSA) is 49.3 Å². The van der Waals surface area contributed by atoms with Crippen LogP contribution in [0.2, 0.25) is 5.02 Å². The van der Waals surface area contributed by atoms with E-state index in [1.54, 1.807) is 24.3 Å². The Morgan fingerprint density at radius 2 is 1.79 bits per heavy atom. The molecule has 3 nitrogen and oxygen atoms in total. The van der Waals surface area contributed by atoms with Crippen molar-refractivity contribution in [2.24, 2.45) is 0 Å². The Hall–Kier alpha value is -2.21. The summed E-state index contributed by atoms with van der Waals surface area (Å²) in [4.78, 5) is 11.8. The predicted molar refractivity (Wildman–Crippen MR) is 86.1 cm³/mol. The van der Waals surface area contributed by atoms with Crippen LogP contribution in [0.3, 0.4) is 0 Å². The number of carbonyl (C=O) groups is 1. The molecule has 7 heteroatoms. The van der Waals surface area contributed by atoms with Crippen molar-refractivity contribution in [3.05, 3.63) is 58.6 Å². The quantitative estimate of drug-likeness (QED) is 0.788. The number of hydrogen-bond acceptors (Lipinski definition) is 2. The number of phenolic OH excluding ortho intramolecular Hbond substituents is 1. The van der Waals surface area contributed by atoms with Gasteiger partial charge < -0.3 is 10.4 Å². The van der Waals surface area contributed by atoms with E-state index in [2.05, 4.69) is 5.32 Å². The van der Waals surface area contributed by atoms with Crippen LogP contribution in [-0.2, 0) is 17.4 Å². The number of anilines is 1. The third-order valence-corrected chi connectivity index (χ3v) is 3.69. The van der Waals surface area contributed by atoms with E-state index in [0.717, 1.165) is 17.7 Å². The fraction of sp³-hybridized carbons (Fsp3) is 0.235. The zero-order valence-corrected chi connectivity index (χ0v) is 13.3. The number of rotatable bonds is 5. The molecule has 0 radical (unpaired) electrons. The number of alkyl halides is 3. The lowest BCUT2D eigenvalue weighted by Gasteiger charge is -2.11. The lowest BCUT2D eigenvalue weighted by atomic mass is 10.1. The van der Waals surface area contributed by atoms with Gasteiger partial charge in [0.25, 0.3) is 0 Å². The van der Waals surface area contributed by atoms with Crippen molar-refractivity contribution in [2.45, 2.75) is 25.4 Å². The number of aryl methyl sites for hydroxylation is 1. The van der Waals surface area contributed by atoms with Crippen LogP contribution in [-0.4, -0.2) is 11.0 Å². The molecule has 0 saturated carbocycles. The van der Waals surface area contributed by atoms with Gasteiger partial charge in [0.2, 0.25) is 5.91 Å². The minimum Gasteiger partial charge on any atom is -0.508 e. The van der Waals surface area contributed by atoms with Gasteiger partial charge in [-0.2, -0.15) is 13.2 Å². The zero-order chi connectivity index (χ0) is 17.7. The maximum Gasteiger partial charge on any atom is 0.417 e. The molecular formula is C17H15ClF3NO2. The average Bonchev–Trinajstić information content (AvgIpc) is 2.50. The number of benzene rings is 2. The molecule has 2 rings (SSSR count). The van der Waals surface area contributed by atoms with Gasteiger partial charge in [-0.25, -0.2) is 0 Å². The smallest absolute Gasteiger partial charge is 0.417 e. The SMILES string of the molecule is O=C(CCCc1ccc(O)cc1)Nc1ccc(Cl)c(C(F)(F)F)c1. The van der Waals surface area contributed by atoms with Gasteiger partial charge in [0.05, 0.1) is 10.6 Å². The molecule has 0 fully saturated rings. The summed E-state index contributed by atoms with van der Waals surface area (Å²) < 4.78 is 38.3. The monoisotopic (exact) mass is 357 g/mol. The second kappa shape index (κ2) is 7.57. The van der Waals surface area contributed by atoms with Crippen LogP contribution in [0.25, 0.3) is 0 Å². The maximum atomic E-state index is 12.8. The molecule has 24 heavy (non-hydrogen) atoms. The van der Waals surface area contributed by atoms with Crippen LogP contribution in [0.4, 0.5) is 18.9 Å². The third kappa shape index (κ3) is 5.16. The Morgan fingerprint density at radius 1 is 1.12 bits per heavy atom. The lowest BCUT2D eigenvalue weighted by Crippen LogP contribution is -2.13. The van der Waals surface area contributed by atoms with Crippen molar-refractivity contribution in [1.82, 2.24) is 0 Å². The zero-order valence-electron chi connectivity index (χ0n) is 12.5. The Kier molecular flexibility index (Phi) is 5.72. The average molecular weight is 358 g/mol. The highest BCUT2D eigenvalue weighted by Crippen LogP contribution is 2.36. The molecule has 0 bridgehead atoms. The largest absolute Gasteiger partial charge is 0.508 e. The second-order valence-corrected chi connectivity index (χ2v) is 5.67. The molecule has 0 aromatic heterocycles. The minimum absolute atomic E-state index is 0.0568. The van der Waals surface area contributed by atoms with Crippen LogP contribution in [0.1, 0.15) is 24.0 Å². The third-order valence-electron chi connectivity index (χ3n) is 3.36. The molecule has 0 unspecified atom stereocenters. The number of amides is 1. The van der Waals surface area contributed by atoms with E-state index in [1.165, 1.54) is 6.07 Å². The number of hydrogen-bond donors (Lipinski definition) is 2. The van der Waals surface area contributed by atoms with E-state index in [-0.39, 0.29) is 23.8 Å². The van der Waals surface area contributed by atoms with Gasteiger partial charge >= 0.3 is 6.18 Å². The normalized spacial score (nSPS) is 11.3. The van der Waals surface area contributed by atoms with Crippen molar-refractivity contribution in [3.63, 3.8) is 0 Å². The summed E-state index contributed by atoms with van der Waals surface area (Å²) in [6.45, 7) is 0. The van der Waals surface area contributed by atoms with E-state index >= 15 is 0 Å². The molecule has 2 aromatic carbocycles. The van der Waals surface area contributed by atoms with Crippen LogP contribution in [0.15, 0.2) is 42.5 Å². The molecule has 0 aliphatic heterocycles. The summed E-state index contributed by atoms with van der Waals surface area (Å²) in [6.07, 6.45) is -3.24. The first-order valence-electron chi connectivity index (χ1n) is 7.20. The fourth-order valence-electron chi connectivity index (χ4n) is 2.16. The van der Waals surface area contributed by atoms with E-state index in [0.29, 0.717) is 12.8 Å². The summed E-state index contributed by atoms with van der Waals surface area (Å²) in [6, 6.07) is 9.87. The van der Waals surface area contributed by atoms with Crippen LogP contribution in [0, 0.1) is 0 Å². The molecule has 0 atom stereocenters. The van der Waals surface area contributed by atoms with Crippen LogP contribution in [0.5, 0.6) is 5.75 Å². The van der Waals surface area contributed by atoms with E-state index in [1.807, 2.05) is 0 Å². The van der Waals surface area contributed by atoms with E-state index < -0.39 is 16.8 Å². The molecule has 0 heterocycles. The van der Waals surface area contributed by atoms with Gasteiger partial charge in [-0.3, -0.25) is 4.79 Å². The lowest BCUT2D eigenvalue weighted by molar-refractivity contribution is -0.137. The molecule has 128 valence electrons. The highest BCUT2D eigenvalue weighted by Gasteiger charge is 2.33.